The number of carbonyl (C=O) groups is 4. The fourth-order valence-electron chi connectivity index (χ4n) is 3.56. The van der Waals surface area contributed by atoms with Crippen LogP contribution in [0, 0.1) is 0 Å². The number of hydrogen-bond acceptors (Lipinski definition) is 7. The Kier molecular flexibility index (Phi) is 7.17. The fourth-order valence-corrected chi connectivity index (χ4v) is 4.38. The van der Waals surface area contributed by atoms with E-state index in [9.17, 15) is 19.2 Å². The Morgan fingerprint density at radius 1 is 1.03 bits per heavy atom. The molecule has 3 aromatic carbocycles. The summed E-state index contributed by atoms with van der Waals surface area (Å²) in [6.45, 7) is 1.53. The summed E-state index contributed by atoms with van der Waals surface area (Å²) in [5, 5.41) is 10.3. The van der Waals surface area contributed by atoms with Crippen LogP contribution in [-0.2, 0) is 20.9 Å². The second-order valence-corrected chi connectivity index (χ2v) is 8.56. The van der Waals surface area contributed by atoms with Crippen molar-refractivity contribution >= 4 is 51.7 Å². The van der Waals surface area contributed by atoms with Crippen molar-refractivity contribution in [3.05, 3.63) is 82.3 Å². The van der Waals surface area contributed by atoms with E-state index < -0.39 is 29.6 Å². The molecule has 35 heavy (non-hydrogen) atoms. The number of carboxylic acid groups (broad SMARTS) is 1. The van der Waals surface area contributed by atoms with Crippen LogP contribution >= 0.6 is 11.8 Å². The van der Waals surface area contributed by atoms with Crippen molar-refractivity contribution in [1.29, 1.82) is 0 Å². The molecular formula is C26H21NO7S. The maximum Gasteiger partial charge on any atom is 0.335 e. The van der Waals surface area contributed by atoms with E-state index >= 15 is 0 Å². The molecule has 1 aliphatic rings. The first-order chi connectivity index (χ1) is 16.9. The highest BCUT2D eigenvalue weighted by Crippen LogP contribution is 2.37. The van der Waals surface area contributed by atoms with E-state index in [0.717, 1.165) is 33.0 Å². The minimum Gasteiger partial charge on any atom is -0.488 e. The smallest absolute Gasteiger partial charge is 0.335 e. The van der Waals surface area contributed by atoms with Gasteiger partial charge in [-0.25, -0.2) is 4.79 Å². The van der Waals surface area contributed by atoms with Crippen LogP contribution in [0.25, 0.3) is 16.8 Å². The Bertz CT molecular complexity index is 1350. The first kappa shape index (κ1) is 24.0. The van der Waals surface area contributed by atoms with E-state index in [1.54, 1.807) is 31.2 Å². The highest BCUT2D eigenvalue weighted by atomic mass is 32.2. The number of rotatable bonds is 8. The highest BCUT2D eigenvalue weighted by Gasteiger charge is 2.37. The molecule has 0 spiro atoms. The van der Waals surface area contributed by atoms with Crippen LogP contribution in [0.5, 0.6) is 5.75 Å². The average Bonchev–Trinajstić information content (AvgIpc) is 3.11. The molecule has 0 aromatic heterocycles. The lowest BCUT2D eigenvalue weighted by Crippen LogP contribution is -2.34. The van der Waals surface area contributed by atoms with Crippen LogP contribution in [0.1, 0.15) is 28.4 Å². The van der Waals surface area contributed by atoms with E-state index in [1.165, 1.54) is 12.1 Å². The van der Waals surface area contributed by atoms with Gasteiger partial charge in [0, 0.05) is 5.56 Å². The van der Waals surface area contributed by atoms with Gasteiger partial charge in [-0.2, -0.15) is 0 Å². The van der Waals surface area contributed by atoms with Crippen LogP contribution in [0.3, 0.4) is 0 Å². The molecule has 0 radical (unpaired) electrons. The van der Waals surface area contributed by atoms with Gasteiger partial charge in [-0.3, -0.25) is 19.3 Å². The van der Waals surface area contributed by atoms with E-state index in [1.807, 2.05) is 30.3 Å². The molecule has 0 aliphatic carbocycles. The lowest BCUT2D eigenvalue weighted by Gasteiger charge is -2.13. The number of imide groups is 1. The van der Waals surface area contributed by atoms with Gasteiger partial charge in [0.25, 0.3) is 11.1 Å². The summed E-state index contributed by atoms with van der Waals surface area (Å²) in [4.78, 5) is 49.2. The maximum atomic E-state index is 12.9. The summed E-state index contributed by atoms with van der Waals surface area (Å²) in [6.07, 6.45) is 1.60. The number of fused-ring (bicyclic) bond motifs is 1. The van der Waals surface area contributed by atoms with Crippen molar-refractivity contribution in [3.8, 4) is 5.75 Å². The first-order valence-corrected chi connectivity index (χ1v) is 11.6. The Morgan fingerprint density at radius 2 is 1.77 bits per heavy atom. The Labute approximate surface area is 205 Å². The van der Waals surface area contributed by atoms with Gasteiger partial charge in [0.05, 0.1) is 17.1 Å². The lowest BCUT2D eigenvalue weighted by atomic mass is 10.0. The van der Waals surface area contributed by atoms with E-state index in [0.29, 0.717) is 11.3 Å². The van der Waals surface area contributed by atoms with Gasteiger partial charge >= 0.3 is 11.9 Å². The molecule has 1 saturated heterocycles. The summed E-state index contributed by atoms with van der Waals surface area (Å²) in [5.74, 6) is -1.75. The molecular weight excluding hydrogens is 470 g/mol. The van der Waals surface area contributed by atoms with Crippen LogP contribution in [-0.4, -0.2) is 46.2 Å². The minimum absolute atomic E-state index is 0.153. The number of benzene rings is 3. The summed E-state index contributed by atoms with van der Waals surface area (Å²) < 4.78 is 10.9. The third-order valence-corrected chi connectivity index (χ3v) is 6.17. The minimum atomic E-state index is -1.01. The third kappa shape index (κ3) is 5.36. The van der Waals surface area contributed by atoms with Crippen molar-refractivity contribution in [1.82, 2.24) is 4.90 Å². The zero-order valence-electron chi connectivity index (χ0n) is 18.7. The van der Waals surface area contributed by atoms with Gasteiger partial charge in [0.1, 0.15) is 18.9 Å². The van der Waals surface area contributed by atoms with Crippen LogP contribution in [0.15, 0.2) is 65.6 Å². The Balaban J connectivity index is 1.64. The zero-order chi connectivity index (χ0) is 24.9. The number of nitrogens with zero attached hydrogens (tertiary/aromatic N) is 1. The molecule has 0 unspecified atom stereocenters. The number of thioether (sulfide) groups is 1. The second kappa shape index (κ2) is 10.4. The van der Waals surface area contributed by atoms with E-state index in [2.05, 4.69) is 0 Å². The number of amides is 2. The molecule has 0 saturated carbocycles. The van der Waals surface area contributed by atoms with Crippen LogP contribution < -0.4 is 4.74 Å². The standard InChI is InChI=1S/C26H21NO7S/c1-2-33-23(28)14-27-24(29)22(35-26(27)32)13-20-19-6-4-3-5-17(19)11-12-21(20)34-15-16-7-9-18(10-8-16)25(30)31/h3-13H,2,14-15H2,1H3,(H,30,31)/b22-13+. The monoisotopic (exact) mass is 491 g/mol. The zero-order valence-corrected chi connectivity index (χ0v) is 19.5. The van der Waals surface area contributed by atoms with Crippen molar-refractivity contribution in [2.45, 2.75) is 13.5 Å². The maximum absolute atomic E-state index is 12.9. The molecule has 3 aromatic rings. The van der Waals surface area contributed by atoms with Crippen molar-refractivity contribution < 1.29 is 33.8 Å². The molecule has 9 heteroatoms. The fraction of sp³-hybridized carbons (Fsp3) is 0.154. The lowest BCUT2D eigenvalue weighted by molar-refractivity contribution is -0.145. The van der Waals surface area contributed by atoms with E-state index in [-0.39, 0.29) is 23.7 Å². The molecule has 8 nitrogen and oxygen atoms in total. The molecule has 1 N–H and O–H groups in total. The van der Waals surface area contributed by atoms with Crippen LogP contribution in [0.4, 0.5) is 4.79 Å². The molecule has 1 aliphatic heterocycles. The molecule has 178 valence electrons. The van der Waals surface area contributed by atoms with Gasteiger partial charge in [-0.05, 0) is 59.3 Å². The van der Waals surface area contributed by atoms with Gasteiger partial charge in [0.15, 0.2) is 0 Å². The predicted molar refractivity (Wildman–Crippen MR) is 131 cm³/mol. The number of carbonyl (C=O) groups excluding carboxylic acids is 3. The summed E-state index contributed by atoms with van der Waals surface area (Å²) in [6, 6.07) is 17.6. The van der Waals surface area contributed by atoms with Gasteiger partial charge in [0.2, 0.25) is 0 Å². The SMILES string of the molecule is CCOC(=O)CN1C(=O)S/C(=C/c2c(OCc3ccc(C(=O)O)cc3)ccc3ccccc23)C1=O. The molecule has 4 rings (SSSR count). The van der Waals surface area contributed by atoms with Crippen molar-refractivity contribution in [2.24, 2.45) is 0 Å². The molecule has 1 fully saturated rings. The second-order valence-electron chi connectivity index (χ2n) is 7.56. The quantitative estimate of drug-likeness (QED) is 0.356. The molecule has 2 amide bonds. The number of ether oxygens (including phenoxy) is 2. The predicted octanol–water partition coefficient (Wildman–Crippen LogP) is 4.72. The molecule has 1 heterocycles. The molecule has 0 atom stereocenters. The average molecular weight is 492 g/mol. The Hall–Kier alpha value is -4.11. The van der Waals surface area contributed by atoms with E-state index in [4.69, 9.17) is 14.6 Å². The Morgan fingerprint density at radius 3 is 2.49 bits per heavy atom. The van der Waals surface area contributed by atoms with Gasteiger partial charge in [-0.1, -0.05) is 42.5 Å². The highest BCUT2D eigenvalue weighted by molar-refractivity contribution is 8.18. The van der Waals surface area contributed by atoms with Crippen LogP contribution in [0.2, 0.25) is 0 Å². The number of hydrogen-bond donors (Lipinski definition) is 1. The topological polar surface area (TPSA) is 110 Å². The normalized spacial score (nSPS) is 14.5. The first-order valence-electron chi connectivity index (χ1n) is 10.7. The number of aromatic carboxylic acids is 1. The summed E-state index contributed by atoms with van der Waals surface area (Å²) >= 11 is 0.752. The molecule has 0 bridgehead atoms. The van der Waals surface area contributed by atoms with Crippen molar-refractivity contribution in [2.75, 3.05) is 13.2 Å². The number of esters is 1. The number of carboxylic acids is 1. The van der Waals surface area contributed by atoms with Crippen molar-refractivity contribution in [3.63, 3.8) is 0 Å². The largest absolute Gasteiger partial charge is 0.488 e. The summed E-state index contributed by atoms with van der Waals surface area (Å²) in [7, 11) is 0. The summed E-state index contributed by atoms with van der Waals surface area (Å²) in [5.41, 5.74) is 1.56. The van der Waals surface area contributed by atoms with Gasteiger partial charge in [-0.15, -0.1) is 0 Å². The van der Waals surface area contributed by atoms with Gasteiger partial charge < -0.3 is 14.6 Å². The third-order valence-electron chi connectivity index (χ3n) is 5.27.